The fraction of sp³-hybridized carbons (Fsp3) is 0.618. The highest BCUT2D eigenvalue weighted by Crippen LogP contribution is 2.28. The quantitative estimate of drug-likeness (QED) is 0.218. The lowest BCUT2D eigenvalue weighted by Crippen LogP contribution is -2.58. The maximum atomic E-state index is 14.0. The minimum atomic E-state index is -0.990. The second kappa shape index (κ2) is 17.2. The van der Waals surface area contributed by atoms with Crippen LogP contribution in [-0.2, 0) is 30.4 Å². The van der Waals surface area contributed by atoms with Gasteiger partial charge in [0.15, 0.2) is 0 Å². The Morgan fingerprint density at radius 2 is 1.79 bits per heavy atom. The summed E-state index contributed by atoms with van der Waals surface area (Å²) in [5.74, 6) is -1.29. The largest absolute Gasteiger partial charge is 0.444 e. The van der Waals surface area contributed by atoms with Crippen LogP contribution in [0.25, 0.3) is 10.4 Å². The van der Waals surface area contributed by atoms with Gasteiger partial charge in [-0.1, -0.05) is 45.0 Å². The maximum absolute atomic E-state index is 14.0. The summed E-state index contributed by atoms with van der Waals surface area (Å²) >= 11 is 1.57. The van der Waals surface area contributed by atoms with Crippen LogP contribution in [0.4, 0.5) is 4.79 Å². The number of carbonyl (C=O) groups excluding carboxylic acids is 4. The molecule has 1 saturated heterocycles. The number of ether oxygens (including phenoxy) is 2. The van der Waals surface area contributed by atoms with Crippen LogP contribution in [0.3, 0.4) is 0 Å². The standard InChI is InChI=1S/C34H52N6O7S/c1-22-28(48-21-37-22)24-10-8-23(9-11-24)19-36-30(43)26-18-25(41)20-40(26)31(44)29(33(2,3)4)38-27(42)12-14-39(15-17-46-16-13-35)32(45)47-34(5,6)7/h8-11,21,25-26,29,41H,12-20,35H2,1-7H3,(H,36,43)(H,38,42)/t25-,26+,29-/m1/s1. The molecule has 1 aromatic carbocycles. The summed E-state index contributed by atoms with van der Waals surface area (Å²) in [6.07, 6.45) is -1.47. The van der Waals surface area contributed by atoms with Crippen LogP contribution in [0.2, 0.25) is 0 Å². The highest BCUT2D eigenvalue weighted by molar-refractivity contribution is 7.13. The molecule has 2 heterocycles. The third-order valence-corrected chi connectivity index (χ3v) is 8.72. The summed E-state index contributed by atoms with van der Waals surface area (Å²) < 4.78 is 10.9. The summed E-state index contributed by atoms with van der Waals surface area (Å²) in [6.45, 7) is 14.0. The summed E-state index contributed by atoms with van der Waals surface area (Å²) in [5.41, 5.74) is 8.73. The van der Waals surface area contributed by atoms with Crippen molar-refractivity contribution in [1.82, 2.24) is 25.4 Å². The molecule has 1 aliphatic heterocycles. The van der Waals surface area contributed by atoms with Crippen molar-refractivity contribution in [3.63, 3.8) is 0 Å². The first-order valence-electron chi connectivity index (χ1n) is 16.3. The molecule has 4 amide bonds. The Balaban J connectivity index is 1.64. The maximum Gasteiger partial charge on any atom is 0.410 e. The number of aliphatic hydroxyl groups is 1. The van der Waals surface area contributed by atoms with Crippen LogP contribution >= 0.6 is 11.3 Å². The number of likely N-dealkylation sites (tertiary alicyclic amines) is 1. The third-order valence-electron chi connectivity index (χ3n) is 7.74. The lowest BCUT2D eigenvalue weighted by atomic mass is 9.85. The van der Waals surface area contributed by atoms with E-state index in [1.54, 1.807) is 37.6 Å². The number of nitrogens with two attached hydrogens (primary N) is 1. The van der Waals surface area contributed by atoms with Crippen LogP contribution < -0.4 is 16.4 Å². The number of aryl methyl sites for hydroxylation is 1. The number of aliphatic hydroxyl groups excluding tert-OH is 1. The van der Waals surface area contributed by atoms with Gasteiger partial charge in [-0.3, -0.25) is 14.4 Å². The zero-order valence-corrected chi connectivity index (χ0v) is 30.0. The number of rotatable bonds is 14. The van der Waals surface area contributed by atoms with Crippen LogP contribution in [0, 0.1) is 12.3 Å². The van der Waals surface area contributed by atoms with Gasteiger partial charge in [0.1, 0.15) is 17.7 Å². The van der Waals surface area contributed by atoms with Crippen LogP contribution in [0.1, 0.15) is 65.6 Å². The highest BCUT2D eigenvalue weighted by atomic mass is 32.1. The van der Waals surface area contributed by atoms with Crippen LogP contribution in [-0.4, -0.2) is 107 Å². The molecule has 2 aromatic rings. The molecule has 1 fully saturated rings. The molecule has 13 nitrogen and oxygen atoms in total. The van der Waals surface area contributed by atoms with Crippen molar-refractivity contribution in [1.29, 1.82) is 0 Å². The molecular formula is C34H52N6O7S. The molecule has 1 aliphatic rings. The number of nitrogens with zero attached hydrogens (tertiary/aromatic N) is 3. The Hall–Kier alpha value is -3.59. The Bertz CT molecular complexity index is 1390. The van der Waals surface area contributed by atoms with Crippen molar-refractivity contribution in [2.45, 2.75) is 91.6 Å². The van der Waals surface area contributed by atoms with Gasteiger partial charge in [-0.25, -0.2) is 9.78 Å². The number of benzene rings is 1. The minimum absolute atomic E-state index is 0.0303. The average molecular weight is 689 g/mol. The van der Waals surface area contributed by atoms with E-state index in [1.165, 1.54) is 9.80 Å². The number of carbonyl (C=O) groups is 4. The highest BCUT2D eigenvalue weighted by Gasteiger charge is 2.44. The zero-order chi connectivity index (χ0) is 35.6. The normalized spacial score (nSPS) is 17.1. The van der Waals surface area contributed by atoms with Crippen molar-refractivity contribution in [3.05, 3.63) is 41.0 Å². The molecule has 0 radical (unpaired) electrons. The molecule has 266 valence electrons. The average Bonchev–Trinajstić information content (AvgIpc) is 3.62. The van der Waals surface area contributed by atoms with E-state index in [0.29, 0.717) is 13.2 Å². The summed E-state index contributed by atoms with van der Waals surface area (Å²) in [6, 6.07) is 5.94. The van der Waals surface area contributed by atoms with Gasteiger partial charge in [0.2, 0.25) is 17.7 Å². The lowest BCUT2D eigenvalue weighted by Gasteiger charge is -2.35. The number of hydrogen-bond acceptors (Lipinski definition) is 10. The van der Waals surface area contributed by atoms with Crippen molar-refractivity contribution < 1.29 is 33.8 Å². The summed E-state index contributed by atoms with van der Waals surface area (Å²) in [4.78, 5) is 61.5. The Kier molecular flexibility index (Phi) is 13.9. The molecule has 3 rings (SSSR count). The molecule has 3 atom stereocenters. The number of amides is 4. The molecule has 0 aliphatic carbocycles. The number of aromatic nitrogens is 1. The zero-order valence-electron chi connectivity index (χ0n) is 29.2. The molecule has 0 saturated carbocycles. The van der Waals surface area contributed by atoms with Crippen molar-refractivity contribution in [2.75, 3.05) is 39.4 Å². The first-order valence-corrected chi connectivity index (χ1v) is 17.2. The molecule has 48 heavy (non-hydrogen) atoms. The van der Waals surface area contributed by atoms with Crippen molar-refractivity contribution >= 4 is 35.2 Å². The fourth-order valence-electron chi connectivity index (χ4n) is 5.23. The Morgan fingerprint density at radius 1 is 1.10 bits per heavy atom. The minimum Gasteiger partial charge on any atom is -0.444 e. The predicted molar refractivity (Wildman–Crippen MR) is 184 cm³/mol. The fourth-order valence-corrected chi connectivity index (χ4v) is 6.04. The topological polar surface area (TPSA) is 176 Å². The molecule has 14 heteroatoms. The Morgan fingerprint density at radius 3 is 2.38 bits per heavy atom. The first-order chi connectivity index (χ1) is 22.5. The third kappa shape index (κ3) is 11.5. The van der Waals surface area contributed by atoms with E-state index in [2.05, 4.69) is 15.6 Å². The molecule has 5 N–H and O–H groups in total. The second-order valence-electron chi connectivity index (χ2n) is 14.1. The van der Waals surface area contributed by atoms with Crippen LogP contribution in [0.15, 0.2) is 29.8 Å². The van der Waals surface area contributed by atoms with Crippen molar-refractivity contribution in [2.24, 2.45) is 11.1 Å². The first kappa shape index (κ1) is 38.9. The van der Waals surface area contributed by atoms with Crippen molar-refractivity contribution in [3.8, 4) is 10.4 Å². The van der Waals surface area contributed by atoms with E-state index in [4.69, 9.17) is 15.2 Å². The van der Waals surface area contributed by atoms with Gasteiger partial charge in [-0.2, -0.15) is 0 Å². The van der Waals surface area contributed by atoms with E-state index in [9.17, 15) is 24.3 Å². The van der Waals surface area contributed by atoms with E-state index < -0.39 is 47.1 Å². The van der Waals surface area contributed by atoms with Crippen LogP contribution in [0.5, 0.6) is 0 Å². The Labute approximate surface area is 287 Å². The van der Waals surface area contributed by atoms with Gasteiger partial charge in [0.25, 0.3) is 0 Å². The lowest BCUT2D eigenvalue weighted by molar-refractivity contribution is -0.144. The molecule has 1 aromatic heterocycles. The summed E-state index contributed by atoms with van der Waals surface area (Å²) in [7, 11) is 0. The number of hydrogen-bond donors (Lipinski definition) is 4. The number of thiazole rings is 1. The van der Waals surface area contributed by atoms with E-state index in [1.807, 2.05) is 52.0 Å². The van der Waals surface area contributed by atoms with Gasteiger partial charge >= 0.3 is 6.09 Å². The van der Waals surface area contributed by atoms with E-state index in [0.717, 1.165) is 21.7 Å². The van der Waals surface area contributed by atoms with E-state index in [-0.39, 0.29) is 51.5 Å². The van der Waals surface area contributed by atoms with Gasteiger partial charge < -0.3 is 40.7 Å². The molecular weight excluding hydrogens is 636 g/mol. The summed E-state index contributed by atoms with van der Waals surface area (Å²) in [5, 5.41) is 16.3. The number of β-amino-alcohol motifs (C(OH)–C–C–N with tert-alkyl or cyclic N) is 1. The van der Waals surface area contributed by atoms with Gasteiger partial charge in [-0.05, 0) is 44.2 Å². The SMILES string of the molecule is Cc1ncsc1-c1ccc(CNC(=O)[C@@H]2C[C@@H](O)CN2C(=O)[C@@H](NC(=O)CCN(CCOCCN)C(=O)OC(C)(C)C)C(C)(C)C)cc1. The van der Waals surface area contributed by atoms with Gasteiger partial charge in [0, 0.05) is 45.6 Å². The van der Waals surface area contributed by atoms with Gasteiger partial charge in [-0.15, -0.1) is 11.3 Å². The van der Waals surface area contributed by atoms with Gasteiger partial charge in [0.05, 0.1) is 35.4 Å². The molecule has 0 spiro atoms. The monoisotopic (exact) mass is 688 g/mol. The number of nitrogens with one attached hydrogen (secondary N) is 2. The molecule has 0 unspecified atom stereocenters. The second-order valence-corrected chi connectivity index (χ2v) is 14.9. The smallest absolute Gasteiger partial charge is 0.410 e. The molecule has 0 bridgehead atoms. The predicted octanol–water partition coefficient (Wildman–Crippen LogP) is 2.83. The van der Waals surface area contributed by atoms with E-state index >= 15 is 0 Å².